The minimum atomic E-state index is -0.601. The van der Waals surface area contributed by atoms with Gasteiger partial charge in [-0.05, 0) is 25.5 Å². The number of carbonyl (C=O) groups excluding carboxylic acids is 1. The first kappa shape index (κ1) is 13.0. The topological polar surface area (TPSA) is 17.1 Å². The summed E-state index contributed by atoms with van der Waals surface area (Å²) in [6.45, 7) is 3.72. The molecule has 0 saturated heterocycles. The number of hydrogen-bond donors (Lipinski definition) is 0. The maximum Gasteiger partial charge on any atom is 0.137 e. The number of carbonyl (C=O) groups is 1. The summed E-state index contributed by atoms with van der Waals surface area (Å²) in [7, 11) is -0.601. The zero-order chi connectivity index (χ0) is 13.0. The quantitative estimate of drug-likeness (QED) is 0.768. The molecule has 0 radical (unpaired) electrons. The highest BCUT2D eigenvalue weighted by molar-refractivity contribution is 7.74. The Morgan fingerprint density at radius 2 is 1.28 bits per heavy atom. The molecule has 0 saturated carbocycles. The largest absolute Gasteiger partial charge is 0.299 e. The molecule has 0 heterocycles. The van der Waals surface area contributed by atoms with Crippen LogP contribution in [-0.4, -0.2) is 11.4 Å². The molecule has 18 heavy (non-hydrogen) atoms. The molecule has 1 nitrogen and oxygen atoms in total. The van der Waals surface area contributed by atoms with E-state index in [4.69, 9.17) is 0 Å². The maximum atomic E-state index is 11.7. The van der Waals surface area contributed by atoms with Crippen molar-refractivity contribution in [3.05, 3.63) is 60.7 Å². The molecule has 1 atom stereocenters. The standard InChI is InChI=1S/C16H17OP/c1-13(17)14(2)18(15-9-5-3-6-10-15)16-11-7-4-8-12-16/h3-12,14H,1-2H3. The summed E-state index contributed by atoms with van der Waals surface area (Å²) in [6, 6.07) is 20.7. The van der Waals surface area contributed by atoms with Crippen LogP contribution in [0.5, 0.6) is 0 Å². The van der Waals surface area contributed by atoms with Crippen LogP contribution in [0.2, 0.25) is 0 Å². The van der Waals surface area contributed by atoms with Crippen LogP contribution < -0.4 is 10.6 Å². The number of ketones is 1. The fourth-order valence-electron chi connectivity index (χ4n) is 1.96. The monoisotopic (exact) mass is 256 g/mol. The van der Waals surface area contributed by atoms with Gasteiger partial charge in [-0.3, -0.25) is 4.79 Å². The zero-order valence-corrected chi connectivity index (χ0v) is 11.6. The second-order valence-electron chi connectivity index (χ2n) is 4.33. The lowest BCUT2D eigenvalue weighted by Gasteiger charge is -2.23. The lowest BCUT2D eigenvalue weighted by atomic mass is 10.3. The molecule has 0 bridgehead atoms. The third-order valence-electron chi connectivity index (χ3n) is 3.04. The smallest absolute Gasteiger partial charge is 0.137 e. The van der Waals surface area contributed by atoms with E-state index in [0.29, 0.717) is 0 Å². The highest BCUT2D eigenvalue weighted by Gasteiger charge is 2.23. The number of benzene rings is 2. The minimum absolute atomic E-state index is 0.0600. The first-order chi connectivity index (χ1) is 8.70. The SMILES string of the molecule is CC(=O)C(C)P(c1ccccc1)c1ccccc1. The fourth-order valence-corrected chi connectivity index (χ4v) is 4.50. The Bertz CT molecular complexity index is 468. The summed E-state index contributed by atoms with van der Waals surface area (Å²) >= 11 is 0. The van der Waals surface area contributed by atoms with Crippen LogP contribution in [0.4, 0.5) is 0 Å². The molecule has 0 aromatic heterocycles. The van der Waals surface area contributed by atoms with Gasteiger partial charge in [0.05, 0.1) is 0 Å². The third-order valence-corrected chi connectivity index (χ3v) is 5.89. The summed E-state index contributed by atoms with van der Waals surface area (Å²) in [6.07, 6.45) is 0. The van der Waals surface area contributed by atoms with Gasteiger partial charge in [0, 0.05) is 5.66 Å². The van der Waals surface area contributed by atoms with E-state index in [9.17, 15) is 4.79 Å². The molecule has 0 aliphatic heterocycles. The summed E-state index contributed by atoms with van der Waals surface area (Å²) in [5.74, 6) is 0.258. The van der Waals surface area contributed by atoms with Gasteiger partial charge in [-0.25, -0.2) is 0 Å². The fraction of sp³-hybridized carbons (Fsp3) is 0.188. The molecule has 2 aromatic rings. The van der Waals surface area contributed by atoms with Crippen molar-refractivity contribution in [2.45, 2.75) is 19.5 Å². The Labute approximate surface area is 110 Å². The van der Waals surface area contributed by atoms with Gasteiger partial charge in [-0.1, -0.05) is 67.6 Å². The zero-order valence-electron chi connectivity index (χ0n) is 10.7. The van der Waals surface area contributed by atoms with Crippen LogP contribution in [0, 0.1) is 0 Å². The van der Waals surface area contributed by atoms with Crippen LogP contribution in [0.3, 0.4) is 0 Å². The van der Waals surface area contributed by atoms with Gasteiger partial charge in [0.1, 0.15) is 5.78 Å². The van der Waals surface area contributed by atoms with Gasteiger partial charge in [-0.15, -0.1) is 0 Å². The van der Waals surface area contributed by atoms with Crippen molar-refractivity contribution in [1.29, 1.82) is 0 Å². The Morgan fingerprint density at radius 3 is 1.61 bits per heavy atom. The molecule has 92 valence electrons. The number of rotatable bonds is 4. The summed E-state index contributed by atoms with van der Waals surface area (Å²) < 4.78 is 0. The van der Waals surface area contributed by atoms with Gasteiger partial charge in [0.25, 0.3) is 0 Å². The highest BCUT2D eigenvalue weighted by Crippen LogP contribution is 2.39. The van der Waals surface area contributed by atoms with Gasteiger partial charge >= 0.3 is 0 Å². The second-order valence-corrected chi connectivity index (χ2v) is 6.88. The van der Waals surface area contributed by atoms with E-state index >= 15 is 0 Å². The van der Waals surface area contributed by atoms with Crippen molar-refractivity contribution in [3.63, 3.8) is 0 Å². The first-order valence-corrected chi connectivity index (χ1v) is 7.51. The van der Waals surface area contributed by atoms with Gasteiger partial charge < -0.3 is 0 Å². The Balaban J connectivity index is 2.45. The van der Waals surface area contributed by atoms with E-state index < -0.39 is 7.92 Å². The number of hydrogen-bond acceptors (Lipinski definition) is 1. The second kappa shape index (κ2) is 5.93. The highest BCUT2D eigenvalue weighted by atomic mass is 31.1. The molecule has 0 N–H and O–H groups in total. The van der Waals surface area contributed by atoms with Crippen molar-refractivity contribution in [3.8, 4) is 0 Å². The lowest BCUT2D eigenvalue weighted by Crippen LogP contribution is -2.24. The van der Waals surface area contributed by atoms with Gasteiger partial charge in [-0.2, -0.15) is 0 Å². The third kappa shape index (κ3) is 2.86. The molecular formula is C16H17OP. The van der Waals surface area contributed by atoms with E-state index in [-0.39, 0.29) is 11.4 Å². The van der Waals surface area contributed by atoms with Gasteiger partial charge in [0.15, 0.2) is 0 Å². The van der Waals surface area contributed by atoms with E-state index in [1.807, 2.05) is 43.3 Å². The Kier molecular flexibility index (Phi) is 4.28. The molecular weight excluding hydrogens is 239 g/mol. The molecule has 0 aliphatic rings. The molecule has 1 unspecified atom stereocenters. The Hall–Kier alpha value is -1.46. The normalized spacial score (nSPS) is 12.4. The molecule has 0 amide bonds. The van der Waals surface area contributed by atoms with E-state index in [2.05, 4.69) is 24.3 Å². The summed E-state index contributed by atoms with van der Waals surface area (Å²) in [5.41, 5.74) is 0.0600. The van der Waals surface area contributed by atoms with E-state index in [1.165, 1.54) is 10.6 Å². The minimum Gasteiger partial charge on any atom is -0.299 e. The van der Waals surface area contributed by atoms with Gasteiger partial charge in [0.2, 0.25) is 0 Å². The van der Waals surface area contributed by atoms with Crippen molar-refractivity contribution in [2.24, 2.45) is 0 Å². The van der Waals surface area contributed by atoms with Crippen molar-refractivity contribution < 1.29 is 4.79 Å². The first-order valence-electron chi connectivity index (χ1n) is 6.10. The maximum absolute atomic E-state index is 11.7. The van der Waals surface area contributed by atoms with Crippen molar-refractivity contribution >= 4 is 24.3 Å². The Morgan fingerprint density at radius 1 is 0.889 bits per heavy atom. The van der Waals surface area contributed by atoms with Crippen LogP contribution in [0.15, 0.2) is 60.7 Å². The molecule has 2 rings (SSSR count). The van der Waals surface area contributed by atoms with Crippen LogP contribution >= 0.6 is 7.92 Å². The molecule has 2 aromatic carbocycles. The van der Waals surface area contributed by atoms with Crippen LogP contribution in [-0.2, 0) is 4.79 Å². The van der Waals surface area contributed by atoms with Crippen LogP contribution in [0.25, 0.3) is 0 Å². The molecule has 0 spiro atoms. The molecule has 0 fully saturated rings. The van der Waals surface area contributed by atoms with Crippen molar-refractivity contribution in [1.82, 2.24) is 0 Å². The van der Waals surface area contributed by atoms with Crippen LogP contribution in [0.1, 0.15) is 13.8 Å². The van der Waals surface area contributed by atoms with Crippen molar-refractivity contribution in [2.75, 3.05) is 0 Å². The predicted octanol–water partition coefficient (Wildman–Crippen LogP) is 3.10. The summed E-state index contributed by atoms with van der Waals surface area (Å²) in [5, 5.41) is 2.53. The molecule has 2 heteroatoms. The summed E-state index contributed by atoms with van der Waals surface area (Å²) in [4.78, 5) is 11.7. The van der Waals surface area contributed by atoms with E-state index in [0.717, 1.165) is 0 Å². The predicted molar refractivity (Wildman–Crippen MR) is 79.2 cm³/mol. The molecule has 0 aliphatic carbocycles. The number of Topliss-reactive ketones (excluding diaryl/α,β-unsaturated/α-hetero) is 1. The average molecular weight is 256 g/mol. The average Bonchev–Trinajstić information content (AvgIpc) is 2.41. The lowest BCUT2D eigenvalue weighted by molar-refractivity contribution is -0.116. The van der Waals surface area contributed by atoms with E-state index in [1.54, 1.807) is 6.92 Å².